The van der Waals surface area contributed by atoms with Gasteiger partial charge in [0, 0.05) is 18.7 Å². The standard InChI is InChI=1S/C22H26F3N3O2/c1-3-28(4-2)15-17-7-5-16(6-8-17)13-26-20(29)14-27-21(30)18-9-11-19(12-10-18)22(23,24)25/h5-12H,3-4,13-15H2,1-2H3,(H,26,29)(H,27,30). The van der Waals surface area contributed by atoms with Crippen LogP contribution in [0.3, 0.4) is 0 Å². The SMILES string of the molecule is CCN(CC)Cc1ccc(CNC(=O)CNC(=O)c2ccc(C(F)(F)F)cc2)cc1. The van der Waals surface area contributed by atoms with E-state index in [1.807, 2.05) is 24.3 Å². The average molecular weight is 421 g/mol. The molecule has 2 rings (SSSR count). The smallest absolute Gasteiger partial charge is 0.350 e. The number of rotatable bonds is 9. The molecule has 0 bridgehead atoms. The molecule has 2 aromatic carbocycles. The first-order valence-corrected chi connectivity index (χ1v) is 9.75. The Morgan fingerprint density at radius 2 is 1.43 bits per heavy atom. The highest BCUT2D eigenvalue weighted by atomic mass is 19.4. The zero-order chi connectivity index (χ0) is 22.1. The molecule has 0 heterocycles. The maximum atomic E-state index is 12.6. The molecule has 0 saturated carbocycles. The summed E-state index contributed by atoms with van der Waals surface area (Å²) in [6.45, 7) is 7.11. The molecule has 0 aliphatic carbocycles. The van der Waals surface area contributed by atoms with Gasteiger partial charge in [0.15, 0.2) is 0 Å². The highest BCUT2D eigenvalue weighted by Gasteiger charge is 2.30. The molecule has 2 amide bonds. The zero-order valence-electron chi connectivity index (χ0n) is 17.1. The Labute approximate surface area is 174 Å². The quantitative estimate of drug-likeness (QED) is 0.651. The van der Waals surface area contributed by atoms with Crippen molar-refractivity contribution in [3.8, 4) is 0 Å². The molecular weight excluding hydrogens is 395 g/mol. The third kappa shape index (κ3) is 7.18. The fourth-order valence-electron chi connectivity index (χ4n) is 2.80. The maximum absolute atomic E-state index is 12.6. The molecule has 0 atom stereocenters. The second kappa shape index (κ2) is 10.8. The lowest BCUT2D eigenvalue weighted by Crippen LogP contribution is -2.36. The Kier molecular flexibility index (Phi) is 8.41. The summed E-state index contributed by atoms with van der Waals surface area (Å²) in [5.41, 5.74) is 1.35. The highest BCUT2D eigenvalue weighted by molar-refractivity contribution is 5.96. The van der Waals surface area contributed by atoms with E-state index < -0.39 is 17.6 Å². The minimum atomic E-state index is -4.46. The lowest BCUT2D eigenvalue weighted by molar-refractivity contribution is -0.137. The summed E-state index contributed by atoms with van der Waals surface area (Å²) < 4.78 is 37.7. The van der Waals surface area contributed by atoms with Crippen LogP contribution in [0.5, 0.6) is 0 Å². The maximum Gasteiger partial charge on any atom is 0.416 e. The van der Waals surface area contributed by atoms with E-state index in [1.165, 1.54) is 5.56 Å². The van der Waals surface area contributed by atoms with Gasteiger partial charge in [-0.05, 0) is 48.5 Å². The number of nitrogens with zero attached hydrogens (tertiary/aromatic N) is 1. The molecule has 0 spiro atoms. The fraction of sp³-hybridized carbons (Fsp3) is 0.364. The van der Waals surface area contributed by atoms with Crippen molar-refractivity contribution in [1.29, 1.82) is 0 Å². The van der Waals surface area contributed by atoms with E-state index in [0.29, 0.717) is 6.54 Å². The van der Waals surface area contributed by atoms with Crippen LogP contribution in [-0.4, -0.2) is 36.3 Å². The average Bonchev–Trinajstić information content (AvgIpc) is 2.74. The molecule has 30 heavy (non-hydrogen) atoms. The first kappa shape index (κ1) is 23.4. The van der Waals surface area contributed by atoms with Crippen molar-refractivity contribution >= 4 is 11.8 Å². The zero-order valence-corrected chi connectivity index (χ0v) is 17.1. The number of hydrogen-bond donors (Lipinski definition) is 2. The molecule has 5 nitrogen and oxygen atoms in total. The van der Waals surface area contributed by atoms with E-state index in [0.717, 1.165) is 49.5 Å². The lowest BCUT2D eigenvalue weighted by Gasteiger charge is -2.18. The van der Waals surface area contributed by atoms with Crippen molar-refractivity contribution in [3.63, 3.8) is 0 Å². The van der Waals surface area contributed by atoms with Gasteiger partial charge < -0.3 is 10.6 Å². The number of alkyl halides is 3. The van der Waals surface area contributed by atoms with E-state index in [2.05, 4.69) is 29.4 Å². The summed E-state index contributed by atoms with van der Waals surface area (Å²) in [5.74, 6) is -0.998. The molecule has 0 fully saturated rings. The molecule has 2 aromatic rings. The van der Waals surface area contributed by atoms with Crippen LogP contribution in [0.1, 0.15) is 40.9 Å². The van der Waals surface area contributed by atoms with Crippen LogP contribution in [0.2, 0.25) is 0 Å². The fourth-order valence-corrected chi connectivity index (χ4v) is 2.80. The van der Waals surface area contributed by atoms with Crippen molar-refractivity contribution in [1.82, 2.24) is 15.5 Å². The van der Waals surface area contributed by atoms with E-state index in [4.69, 9.17) is 0 Å². The Balaban J connectivity index is 1.77. The Bertz CT molecular complexity index is 830. The molecule has 0 unspecified atom stereocenters. The van der Waals surface area contributed by atoms with E-state index in [1.54, 1.807) is 0 Å². The monoisotopic (exact) mass is 421 g/mol. The summed E-state index contributed by atoms with van der Waals surface area (Å²) >= 11 is 0. The number of carbonyl (C=O) groups excluding carboxylic acids is 2. The summed E-state index contributed by atoms with van der Waals surface area (Å²) in [5, 5.41) is 5.10. The van der Waals surface area contributed by atoms with Gasteiger partial charge in [0.05, 0.1) is 12.1 Å². The number of halogens is 3. The number of benzene rings is 2. The van der Waals surface area contributed by atoms with Crippen LogP contribution in [0.15, 0.2) is 48.5 Å². The summed E-state index contributed by atoms with van der Waals surface area (Å²) in [6.07, 6.45) is -4.46. The van der Waals surface area contributed by atoms with Gasteiger partial charge >= 0.3 is 6.18 Å². The molecule has 0 aromatic heterocycles. The predicted octanol–water partition coefficient (Wildman–Crippen LogP) is 3.59. The van der Waals surface area contributed by atoms with Crippen molar-refractivity contribution in [2.24, 2.45) is 0 Å². The van der Waals surface area contributed by atoms with Gasteiger partial charge in [-0.25, -0.2) is 0 Å². The first-order valence-electron chi connectivity index (χ1n) is 9.75. The minimum absolute atomic E-state index is 0.0552. The predicted molar refractivity (Wildman–Crippen MR) is 109 cm³/mol. The number of amides is 2. The second-order valence-corrected chi connectivity index (χ2v) is 6.81. The summed E-state index contributed by atoms with van der Waals surface area (Å²) in [6, 6.07) is 11.8. The second-order valence-electron chi connectivity index (χ2n) is 6.81. The normalized spacial score (nSPS) is 11.4. The number of carbonyl (C=O) groups is 2. The summed E-state index contributed by atoms with van der Waals surface area (Å²) in [4.78, 5) is 26.2. The van der Waals surface area contributed by atoms with Crippen molar-refractivity contribution in [3.05, 3.63) is 70.8 Å². The van der Waals surface area contributed by atoms with Crippen molar-refractivity contribution < 1.29 is 22.8 Å². The number of nitrogens with one attached hydrogen (secondary N) is 2. The van der Waals surface area contributed by atoms with Gasteiger partial charge in [-0.3, -0.25) is 14.5 Å². The molecule has 0 aliphatic rings. The van der Waals surface area contributed by atoms with Gasteiger partial charge in [0.2, 0.25) is 5.91 Å². The number of hydrogen-bond acceptors (Lipinski definition) is 3. The molecule has 0 radical (unpaired) electrons. The van der Waals surface area contributed by atoms with Gasteiger partial charge in [-0.15, -0.1) is 0 Å². The molecular formula is C22H26F3N3O2. The van der Waals surface area contributed by atoms with Crippen LogP contribution in [-0.2, 0) is 24.1 Å². The van der Waals surface area contributed by atoms with Gasteiger partial charge in [0.25, 0.3) is 5.91 Å². The van der Waals surface area contributed by atoms with Crippen molar-refractivity contribution in [2.45, 2.75) is 33.1 Å². The molecule has 0 saturated heterocycles. The van der Waals surface area contributed by atoms with Crippen LogP contribution in [0.25, 0.3) is 0 Å². The largest absolute Gasteiger partial charge is 0.416 e. The Morgan fingerprint density at radius 3 is 1.97 bits per heavy atom. The van der Waals surface area contributed by atoms with Crippen molar-refractivity contribution in [2.75, 3.05) is 19.6 Å². The molecule has 162 valence electrons. The van der Waals surface area contributed by atoms with E-state index in [-0.39, 0.29) is 18.0 Å². The summed E-state index contributed by atoms with van der Waals surface area (Å²) in [7, 11) is 0. The van der Waals surface area contributed by atoms with E-state index >= 15 is 0 Å². The third-order valence-corrected chi connectivity index (χ3v) is 4.70. The van der Waals surface area contributed by atoms with Crippen LogP contribution in [0.4, 0.5) is 13.2 Å². The minimum Gasteiger partial charge on any atom is -0.350 e. The van der Waals surface area contributed by atoms with Gasteiger partial charge in [-0.2, -0.15) is 13.2 Å². The Hall–Kier alpha value is -2.87. The molecule has 8 heteroatoms. The van der Waals surface area contributed by atoms with Crippen LogP contribution < -0.4 is 10.6 Å². The highest BCUT2D eigenvalue weighted by Crippen LogP contribution is 2.29. The van der Waals surface area contributed by atoms with Gasteiger partial charge in [-0.1, -0.05) is 38.1 Å². The lowest BCUT2D eigenvalue weighted by atomic mass is 10.1. The molecule has 2 N–H and O–H groups in total. The molecule has 0 aliphatic heterocycles. The van der Waals surface area contributed by atoms with Gasteiger partial charge in [0.1, 0.15) is 0 Å². The third-order valence-electron chi connectivity index (χ3n) is 4.70. The van der Waals surface area contributed by atoms with Crippen LogP contribution >= 0.6 is 0 Å². The topological polar surface area (TPSA) is 61.4 Å². The first-order chi connectivity index (χ1) is 14.2. The van der Waals surface area contributed by atoms with E-state index in [9.17, 15) is 22.8 Å². The van der Waals surface area contributed by atoms with Crippen LogP contribution in [0, 0.1) is 0 Å². The Morgan fingerprint density at radius 1 is 0.867 bits per heavy atom.